The molecule has 0 bridgehead atoms. The van der Waals surface area contributed by atoms with Gasteiger partial charge in [-0.15, -0.1) is 0 Å². The van der Waals surface area contributed by atoms with E-state index in [-0.39, 0.29) is 37.6 Å². The molecule has 0 spiro atoms. The van der Waals surface area contributed by atoms with E-state index in [1.54, 1.807) is 58.2 Å². The molecular weight excluding hydrogens is 691 g/mol. The first kappa shape index (κ1) is 39.6. The van der Waals surface area contributed by atoms with Crippen molar-refractivity contribution in [3.05, 3.63) is 98.8 Å². The van der Waals surface area contributed by atoms with Gasteiger partial charge >= 0.3 is 19.5 Å². The van der Waals surface area contributed by atoms with E-state index < -0.39 is 55.2 Å². The molecule has 0 radical (unpaired) electrons. The number of carbonyl (C=O) groups is 2. The van der Waals surface area contributed by atoms with E-state index in [0.717, 1.165) is 10.6 Å². The number of methoxy groups -OCH3 is 1. The quantitative estimate of drug-likeness (QED) is 0.0721. The molecule has 1 N–H and O–H groups in total. The molecule has 0 amide bonds. The lowest BCUT2D eigenvalue weighted by Crippen LogP contribution is -2.41. The number of nitrogens with one attached hydrogen (secondary N) is 1. The van der Waals surface area contributed by atoms with Crippen LogP contribution in [0.2, 0.25) is 0 Å². The summed E-state index contributed by atoms with van der Waals surface area (Å²) in [6, 6.07) is 15.4. The molecule has 2 heterocycles. The lowest BCUT2D eigenvalue weighted by molar-refractivity contribution is -0.141. The van der Waals surface area contributed by atoms with Gasteiger partial charge in [-0.25, -0.2) is 14.2 Å². The number of hydrogen-bond acceptors (Lipinski definition) is 14. The molecule has 1 aromatic heterocycles. The fourth-order valence-electron chi connectivity index (χ4n) is 5.04. The number of benzene rings is 2. The highest BCUT2D eigenvalue weighted by atomic mass is 31.2. The summed E-state index contributed by atoms with van der Waals surface area (Å²) in [5.74, 6) is -0.694. The summed E-state index contributed by atoms with van der Waals surface area (Å²) in [7, 11) is -3.04. The van der Waals surface area contributed by atoms with Crippen molar-refractivity contribution in [2.75, 3.05) is 46.8 Å². The lowest BCUT2D eigenvalue weighted by atomic mass is 9.98. The predicted octanol–water partition coefficient (Wildman–Crippen LogP) is 3.75. The molecule has 5 atom stereocenters. The van der Waals surface area contributed by atoms with Gasteiger partial charge in [0.05, 0.1) is 51.3 Å². The van der Waals surface area contributed by atoms with Crippen LogP contribution >= 0.6 is 7.82 Å². The Hall–Kier alpha value is -4.15. The number of rotatable bonds is 21. The summed E-state index contributed by atoms with van der Waals surface area (Å²) in [6.45, 7) is 6.59. The third-order valence-electron chi connectivity index (χ3n) is 7.71. The van der Waals surface area contributed by atoms with Crippen molar-refractivity contribution in [2.24, 2.45) is 0 Å². The van der Waals surface area contributed by atoms with Crippen LogP contribution in [0.3, 0.4) is 0 Å². The van der Waals surface area contributed by atoms with Crippen LogP contribution in [0.4, 0.5) is 0 Å². The minimum Gasteiger partial charge on any atom is -0.457 e. The highest BCUT2D eigenvalue weighted by Gasteiger charge is 2.52. The fraction of sp³-hybridized carbons (Fsp3) is 0.471. The van der Waals surface area contributed by atoms with E-state index in [0.29, 0.717) is 31.9 Å². The summed E-state index contributed by atoms with van der Waals surface area (Å²) < 4.78 is 66.4. The molecule has 4 rings (SSSR count). The van der Waals surface area contributed by atoms with Crippen LogP contribution in [0.5, 0.6) is 5.75 Å². The average Bonchev–Trinajstić information content (AvgIpc) is 3.43. The first-order valence-electron chi connectivity index (χ1n) is 16.2. The van der Waals surface area contributed by atoms with E-state index in [9.17, 15) is 23.7 Å². The van der Waals surface area contributed by atoms with Gasteiger partial charge < -0.3 is 32.9 Å². The number of esters is 1. The topological polar surface area (TPSA) is 189 Å². The molecule has 3 aromatic rings. The van der Waals surface area contributed by atoms with Crippen molar-refractivity contribution in [3.63, 3.8) is 0 Å². The Labute approximate surface area is 294 Å². The van der Waals surface area contributed by atoms with Gasteiger partial charge in [-0.3, -0.25) is 28.2 Å². The Morgan fingerprint density at radius 3 is 2.24 bits per heavy atom. The molecule has 16 nitrogen and oxygen atoms in total. The van der Waals surface area contributed by atoms with Crippen molar-refractivity contribution in [3.8, 4) is 5.75 Å². The minimum absolute atomic E-state index is 0.0132. The molecule has 1 aliphatic rings. The molecule has 51 heavy (non-hydrogen) atoms. The van der Waals surface area contributed by atoms with Crippen LogP contribution in [0, 0.1) is 0 Å². The number of hydrogen-bond donors (Lipinski definition) is 1. The Kier molecular flexibility index (Phi) is 14.7. The first-order chi connectivity index (χ1) is 24.5. The van der Waals surface area contributed by atoms with E-state index in [1.807, 2.05) is 0 Å². The summed E-state index contributed by atoms with van der Waals surface area (Å²) in [5.41, 5.74) is -1.61. The maximum Gasteiger partial charge on any atom is 0.530 e. The lowest BCUT2D eigenvalue weighted by Gasteiger charge is -2.28. The zero-order valence-electron chi connectivity index (χ0n) is 28.8. The maximum absolute atomic E-state index is 14.5. The number of H-pyrrole nitrogens is 1. The molecule has 0 saturated carbocycles. The maximum atomic E-state index is 14.5. The third-order valence-corrected chi connectivity index (χ3v) is 9.14. The Bertz CT molecular complexity index is 1710. The SMILES string of the molecule is CC[C@H]1O[C@@H](n2ccc(=O)[nH]c2=O)C(OC(=O)c2ccccc2)C1OP(=O)(OCCOCCOCCOC)Oc1ccc(C(C)(C)OC=O)cc1. The van der Waals surface area contributed by atoms with Crippen molar-refractivity contribution >= 4 is 20.3 Å². The number of phosphoric acid groups is 1. The highest BCUT2D eigenvalue weighted by Crippen LogP contribution is 2.54. The van der Waals surface area contributed by atoms with E-state index in [1.165, 1.54) is 30.5 Å². The van der Waals surface area contributed by atoms with Gasteiger partial charge in [0.15, 0.2) is 12.3 Å². The summed E-state index contributed by atoms with van der Waals surface area (Å²) in [5, 5.41) is 0. The predicted molar refractivity (Wildman–Crippen MR) is 180 cm³/mol. The Balaban J connectivity index is 1.62. The van der Waals surface area contributed by atoms with Gasteiger partial charge in [0.25, 0.3) is 12.0 Å². The van der Waals surface area contributed by atoms with E-state index in [4.69, 9.17) is 42.0 Å². The number of carbonyl (C=O) groups excluding carboxylic acids is 2. The van der Waals surface area contributed by atoms with Crippen LogP contribution < -0.4 is 15.8 Å². The van der Waals surface area contributed by atoms with Gasteiger partial charge in [-0.2, -0.15) is 0 Å². The summed E-state index contributed by atoms with van der Waals surface area (Å²) >= 11 is 0. The van der Waals surface area contributed by atoms with E-state index in [2.05, 4.69) is 4.98 Å². The number of aromatic amines is 1. The molecule has 17 heteroatoms. The van der Waals surface area contributed by atoms with Gasteiger partial charge in [0, 0.05) is 19.4 Å². The fourth-order valence-corrected chi connectivity index (χ4v) is 6.43. The van der Waals surface area contributed by atoms with Crippen molar-refractivity contribution < 1.29 is 56.1 Å². The monoisotopic (exact) mass is 734 g/mol. The number of phosphoric ester groups is 1. The molecule has 1 saturated heterocycles. The number of nitrogens with zero attached hydrogens (tertiary/aromatic N) is 1. The normalized spacial score (nSPS) is 20.0. The molecule has 1 aliphatic heterocycles. The third kappa shape index (κ3) is 11.2. The van der Waals surface area contributed by atoms with Gasteiger partial charge in [-0.1, -0.05) is 37.3 Å². The Morgan fingerprint density at radius 1 is 0.941 bits per heavy atom. The summed E-state index contributed by atoms with van der Waals surface area (Å²) in [4.78, 5) is 51.2. The van der Waals surface area contributed by atoms with Crippen LogP contribution in [0.25, 0.3) is 0 Å². The largest absolute Gasteiger partial charge is 0.530 e. The van der Waals surface area contributed by atoms with Crippen LogP contribution in [-0.2, 0) is 52.4 Å². The van der Waals surface area contributed by atoms with Crippen LogP contribution in [0.1, 0.15) is 49.3 Å². The van der Waals surface area contributed by atoms with Gasteiger partial charge in [-0.05, 0) is 50.1 Å². The zero-order valence-corrected chi connectivity index (χ0v) is 29.7. The van der Waals surface area contributed by atoms with E-state index >= 15 is 0 Å². The standard InChI is InChI=1S/C34H43N2O14P/c1-5-27-29(30(48-32(39)24-9-7-6-8-10-24)31(47-27)36-16-15-28(38)35-33(36)40)50-51(41,46-22-21-44-20-19-43-18-17-42-4)49-26-13-11-25(12-14-26)34(2,3)45-23-37/h6-16,23,27,29-31H,5,17-22H2,1-4H3,(H,35,38,40)/t27-,29?,30?,31-,51?/m1/s1. The zero-order chi connectivity index (χ0) is 36.9. The smallest absolute Gasteiger partial charge is 0.457 e. The Morgan fingerprint density at radius 2 is 1.61 bits per heavy atom. The van der Waals surface area contributed by atoms with Gasteiger partial charge in [0.1, 0.15) is 17.5 Å². The van der Waals surface area contributed by atoms with Gasteiger partial charge in [0.2, 0.25) is 0 Å². The first-order valence-corrected chi connectivity index (χ1v) is 17.7. The van der Waals surface area contributed by atoms with Crippen LogP contribution in [-0.4, -0.2) is 87.1 Å². The molecule has 2 aromatic carbocycles. The summed E-state index contributed by atoms with van der Waals surface area (Å²) in [6.07, 6.45) is -3.42. The molecule has 3 unspecified atom stereocenters. The second kappa shape index (κ2) is 18.9. The van der Waals surface area contributed by atoms with Crippen molar-refractivity contribution in [2.45, 2.75) is 57.3 Å². The highest BCUT2D eigenvalue weighted by molar-refractivity contribution is 7.49. The minimum atomic E-state index is -4.60. The van der Waals surface area contributed by atoms with Crippen molar-refractivity contribution in [1.29, 1.82) is 0 Å². The molecule has 0 aliphatic carbocycles. The second-order valence-corrected chi connectivity index (χ2v) is 13.2. The molecule has 1 fully saturated rings. The number of ether oxygens (including phenoxy) is 6. The molecular formula is C34H43N2O14P. The average molecular weight is 735 g/mol. The molecule has 278 valence electrons. The second-order valence-electron chi connectivity index (χ2n) is 11.6. The van der Waals surface area contributed by atoms with Crippen LogP contribution in [0.15, 0.2) is 76.4 Å². The van der Waals surface area contributed by atoms with Crippen molar-refractivity contribution in [1.82, 2.24) is 9.55 Å². The number of aromatic nitrogens is 2.